The highest BCUT2D eigenvalue weighted by molar-refractivity contribution is 7.91. The van der Waals surface area contributed by atoms with Gasteiger partial charge in [-0.05, 0) is 38.3 Å². The number of aryl methyl sites for hydroxylation is 3. The fourth-order valence-corrected chi connectivity index (χ4v) is 7.67. The summed E-state index contributed by atoms with van der Waals surface area (Å²) in [4.78, 5) is 2.54. The molecule has 1 unspecified atom stereocenters. The van der Waals surface area contributed by atoms with E-state index in [0.29, 0.717) is 37.5 Å². The molecule has 0 spiro atoms. The van der Waals surface area contributed by atoms with Gasteiger partial charge in [-0.1, -0.05) is 17.7 Å². The first-order valence-electron chi connectivity index (χ1n) is 8.63. The zero-order chi connectivity index (χ0) is 18.4. The third kappa shape index (κ3) is 3.77. The third-order valence-electron chi connectivity index (χ3n) is 5.20. The molecule has 1 aromatic carbocycles. The van der Waals surface area contributed by atoms with Gasteiger partial charge in [0.15, 0.2) is 9.84 Å². The molecule has 0 amide bonds. The lowest BCUT2D eigenvalue weighted by Gasteiger charge is -2.37. The van der Waals surface area contributed by atoms with E-state index in [4.69, 9.17) is 0 Å². The van der Waals surface area contributed by atoms with Crippen molar-refractivity contribution in [2.75, 3.05) is 37.7 Å². The normalized spacial score (nSPS) is 25.3. The zero-order valence-electron chi connectivity index (χ0n) is 15.0. The van der Waals surface area contributed by atoms with Gasteiger partial charge in [0.05, 0.1) is 16.4 Å². The first kappa shape index (κ1) is 18.8. The molecule has 25 heavy (non-hydrogen) atoms. The smallest absolute Gasteiger partial charge is 0.243 e. The van der Waals surface area contributed by atoms with E-state index in [9.17, 15) is 16.8 Å². The number of sulfonamides is 1. The molecule has 0 bridgehead atoms. The molecule has 0 aromatic heterocycles. The molecule has 2 heterocycles. The Morgan fingerprint density at radius 3 is 2.04 bits per heavy atom. The van der Waals surface area contributed by atoms with Crippen molar-refractivity contribution in [3.63, 3.8) is 0 Å². The lowest BCUT2D eigenvalue weighted by atomic mass is 10.1. The minimum Gasteiger partial charge on any atom is -0.297 e. The second-order valence-electron chi connectivity index (χ2n) is 7.22. The highest BCUT2D eigenvalue weighted by Crippen LogP contribution is 2.27. The molecule has 140 valence electrons. The minimum atomic E-state index is -3.52. The summed E-state index contributed by atoms with van der Waals surface area (Å²) >= 11 is 0. The molecule has 0 aliphatic carbocycles. The predicted molar refractivity (Wildman–Crippen MR) is 98.0 cm³/mol. The maximum absolute atomic E-state index is 13.1. The summed E-state index contributed by atoms with van der Waals surface area (Å²) in [6.45, 7) is 7.63. The second kappa shape index (κ2) is 6.64. The van der Waals surface area contributed by atoms with Crippen LogP contribution < -0.4 is 0 Å². The van der Waals surface area contributed by atoms with Crippen LogP contribution in [0.5, 0.6) is 0 Å². The Labute approximate surface area is 150 Å². The Balaban J connectivity index is 1.74. The summed E-state index contributed by atoms with van der Waals surface area (Å²) in [7, 11) is -6.44. The van der Waals surface area contributed by atoms with Crippen molar-refractivity contribution in [3.05, 3.63) is 28.8 Å². The lowest BCUT2D eigenvalue weighted by molar-refractivity contribution is 0.148. The SMILES string of the molecule is Cc1cc(C)c(S(=O)(=O)N2CCN(C3CCS(=O)(=O)C3)CC2)c(C)c1. The van der Waals surface area contributed by atoms with Crippen molar-refractivity contribution in [1.82, 2.24) is 9.21 Å². The number of nitrogens with zero attached hydrogens (tertiary/aromatic N) is 2. The van der Waals surface area contributed by atoms with Crippen LogP contribution in [0.25, 0.3) is 0 Å². The molecule has 2 saturated heterocycles. The van der Waals surface area contributed by atoms with Crippen LogP contribution in [0, 0.1) is 20.8 Å². The molecule has 8 heteroatoms. The van der Waals surface area contributed by atoms with Crippen molar-refractivity contribution in [1.29, 1.82) is 0 Å². The van der Waals surface area contributed by atoms with Crippen LogP contribution in [0.1, 0.15) is 23.1 Å². The molecule has 1 aromatic rings. The van der Waals surface area contributed by atoms with E-state index in [1.807, 2.05) is 32.9 Å². The summed E-state index contributed by atoms with van der Waals surface area (Å²) in [5, 5.41) is 0. The summed E-state index contributed by atoms with van der Waals surface area (Å²) in [6, 6.07) is 3.84. The molecule has 2 fully saturated rings. The van der Waals surface area contributed by atoms with Gasteiger partial charge in [0, 0.05) is 32.2 Å². The Morgan fingerprint density at radius 2 is 1.56 bits per heavy atom. The molecule has 2 aliphatic rings. The average Bonchev–Trinajstić information content (AvgIpc) is 2.86. The molecular formula is C17H26N2O4S2. The molecular weight excluding hydrogens is 360 g/mol. The number of rotatable bonds is 3. The standard InChI is InChI=1S/C17H26N2O4S2/c1-13-10-14(2)17(15(3)11-13)25(22,23)19-7-5-18(6-8-19)16-4-9-24(20,21)12-16/h10-11,16H,4-9,12H2,1-3H3. The van der Waals surface area contributed by atoms with Crippen LogP contribution in [0.2, 0.25) is 0 Å². The van der Waals surface area contributed by atoms with Crippen molar-refractivity contribution in [3.8, 4) is 0 Å². The summed E-state index contributed by atoms with van der Waals surface area (Å²) in [5.74, 6) is 0.452. The van der Waals surface area contributed by atoms with Gasteiger partial charge in [-0.2, -0.15) is 4.31 Å². The first-order valence-corrected chi connectivity index (χ1v) is 11.9. The fourth-order valence-electron chi connectivity index (χ4n) is 4.08. The maximum atomic E-state index is 13.1. The van der Waals surface area contributed by atoms with E-state index in [2.05, 4.69) is 4.90 Å². The summed E-state index contributed by atoms with van der Waals surface area (Å²) < 4.78 is 51.0. The van der Waals surface area contributed by atoms with Gasteiger partial charge in [-0.3, -0.25) is 4.90 Å². The Bertz CT molecular complexity index is 847. The van der Waals surface area contributed by atoms with E-state index >= 15 is 0 Å². The second-order valence-corrected chi connectivity index (χ2v) is 11.3. The third-order valence-corrected chi connectivity index (χ3v) is 9.16. The Hall–Kier alpha value is -0.960. The van der Waals surface area contributed by atoms with E-state index < -0.39 is 19.9 Å². The van der Waals surface area contributed by atoms with Crippen molar-refractivity contribution in [2.24, 2.45) is 0 Å². The van der Waals surface area contributed by atoms with E-state index in [0.717, 1.165) is 16.7 Å². The highest BCUT2D eigenvalue weighted by Gasteiger charge is 2.36. The van der Waals surface area contributed by atoms with Gasteiger partial charge in [0.2, 0.25) is 10.0 Å². The Morgan fingerprint density at radius 1 is 1.00 bits per heavy atom. The monoisotopic (exact) mass is 386 g/mol. The van der Waals surface area contributed by atoms with Gasteiger partial charge >= 0.3 is 0 Å². The fraction of sp³-hybridized carbons (Fsp3) is 0.647. The van der Waals surface area contributed by atoms with Crippen LogP contribution in [-0.2, 0) is 19.9 Å². The number of hydrogen-bond donors (Lipinski definition) is 0. The molecule has 0 saturated carbocycles. The van der Waals surface area contributed by atoms with Crippen LogP contribution in [-0.4, -0.2) is 69.8 Å². The Kier molecular flexibility index (Phi) is 5.00. The average molecular weight is 387 g/mol. The molecule has 1 atom stereocenters. The van der Waals surface area contributed by atoms with Crippen LogP contribution in [0.4, 0.5) is 0 Å². The molecule has 0 N–H and O–H groups in total. The number of hydrogen-bond acceptors (Lipinski definition) is 5. The number of sulfone groups is 1. The quantitative estimate of drug-likeness (QED) is 0.778. The number of piperazine rings is 1. The van der Waals surface area contributed by atoms with Crippen LogP contribution in [0.15, 0.2) is 17.0 Å². The largest absolute Gasteiger partial charge is 0.297 e. The van der Waals surface area contributed by atoms with Gasteiger partial charge in [-0.15, -0.1) is 0 Å². The van der Waals surface area contributed by atoms with E-state index in [1.54, 1.807) is 0 Å². The van der Waals surface area contributed by atoms with E-state index in [1.165, 1.54) is 4.31 Å². The lowest BCUT2D eigenvalue weighted by Crippen LogP contribution is -2.52. The van der Waals surface area contributed by atoms with Gasteiger partial charge in [-0.25, -0.2) is 16.8 Å². The van der Waals surface area contributed by atoms with Gasteiger partial charge < -0.3 is 0 Å². The molecule has 0 radical (unpaired) electrons. The van der Waals surface area contributed by atoms with Gasteiger partial charge in [0.1, 0.15) is 0 Å². The van der Waals surface area contributed by atoms with Crippen molar-refractivity contribution in [2.45, 2.75) is 38.1 Å². The predicted octanol–water partition coefficient (Wildman–Crippen LogP) is 1.11. The number of benzene rings is 1. The maximum Gasteiger partial charge on any atom is 0.243 e. The molecule has 2 aliphatic heterocycles. The zero-order valence-corrected chi connectivity index (χ0v) is 16.7. The summed E-state index contributed by atoms with van der Waals surface area (Å²) in [6.07, 6.45) is 0.658. The van der Waals surface area contributed by atoms with Gasteiger partial charge in [0.25, 0.3) is 0 Å². The van der Waals surface area contributed by atoms with Crippen molar-refractivity contribution >= 4 is 19.9 Å². The minimum absolute atomic E-state index is 0.0395. The first-order chi connectivity index (χ1) is 11.6. The molecule has 6 nitrogen and oxygen atoms in total. The van der Waals surface area contributed by atoms with Crippen LogP contribution >= 0.6 is 0 Å². The van der Waals surface area contributed by atoms with E-state index in [-0.39, 0.29) is 17.5 Å². The topological polar surface area (TPSA) is 74.8 Å². The summed E-state index contributed by atoms with van der Waals surface area (Å²) in [5.41, 5.74) is 2.62. The molecule has 3 rings (SSSR count). The van der Waals surface area contributed by atoms with Crippen molar-refractivity contribution < 1.29 is 16.8 Å². The highest BCUT2D eigenvalue weighted by atomic mass is 32.2. The van der Waals surface area contributed by atoms with Crippen LogP contribution in [0.3, 0.4) is 0 Å².